The van der Waals surface area contributed by atoms with Crippen LogP contribution in [0.2, 0.25) is 5.02 Å². The average Bonchev–Trinajstić information content (AvgIpc) is 3.17. The Hall–Kier alpha value is -2.01. The molecule has 0 amide bonds. The molecule has 0 aliphatic carbocycles. The molecule has 5 heteroatoms. The maximum absolute atomic E-state index is 6.26. The molecule has 1 fully saturated rings. The number of nitrogens with one attached hydrogen (secondary N) is 2. The molecule has 4 rings (SSSR count). The monoisotopic (exact) mass is 341 g/mol. The van der Waals surface area contributed by atoms with Gasteiger partial charge in [-0.1, -0.05) is 11.6 Å². The number of methoxy groups -OCH3 is 1. The number of rotatable bonds is 3. The minimum atomic E-state index is 0.175. The van der Waals surface area contributed by atoms with Crippen molar-refractivity contribution in [1.82, 2.24) is 15.2 Å². The summed E-state index contributed by atoms with van der Waals surface area (Å²) in [5.41, 5.74) is 4.61. The molecule has 2 aromatic carbocycles. The van der Waals surface area contributed by atoms with Crippen molar-refractivity contribution in [1.29, 1.82) is 0 Å². The van der Waals surface area contributed by atoms with Crippen LogP contribution >= 0.6 is 11.6 Å². The Labute approximate surface area is 146 Å². The normalized spacial score (nSPS) is 18.4. The van der Waals surface area contributed by atoms with Gasteiger partial charge in [0.25, 0.3) is 0 Å². The van der Waals surface area contributed by atoms with Crippen LogP contribution in [0.15, 0.2) is 42.5 Å². The Morgan fingerprint density at radius 3 is 2.62 bits per heavy atom. The molecule has 1 aliphatic rings. The van der Waals surface area contributed by atoms with Gasteiger partial charge in [-0.05, 0) is 55.1 Å². The summed E-state index contributed by atoms with van der Waals surface area (Å²) < 4.78 is 5.28. The van der Waals surface area contributed by atoms with E-state index in [1.807, 2.05) is 30.3 Å². The van der Waals surface area contributed by atoms with Crippen LogP contribution in [0.25, 0.3) is 22.2 Å². The summed E-state index contributed by atoms with van der Waals surface area (Å²) in [6.07, 6.45) is 0.175. The Bertz CT molecular complexity index is 872. The van der Waals surface area contributed by atoms with Crippen molar-refractivity contribution in [2.75, 3.05) is 27.2 Å². The first-order valence-electron chi connectivity index (χ1n) is 8.06. The van der Waals surface area contributed by atoms with E-state index in [0.29, 0.717) is 0 Å². The molecule has 2 heterocycles. The van der Waals surface area contributed by atoms with Crippen LogP contribution in [0.1, 0.15) is 11.7 Å². The summed E-state index contributed by atoms with van der Waals surface area (Å²) in [5.74, 6) is 0.857. The smallest absolute Gasteiger partial charge is 0.118 e. The molecule has 1 unspecified atom stereocenters. The molecule has 0 saturated carbocycles. The summed E-state index contributed by atoms with van der Waals surface area (Å²) in [6.45, 7) is 2.01. The third-order valence-corrected chi connectivity index (χ3v) is 4.93. The van der Waals surface area contributed by atoms with Crippen LogP contribution in [0.5, 0.6) is 5.75 Å². The zero-order chi connectivity index (χ0) is 16.7. The lowest BCUT2D eigenvalue weighted by Gasteiger charge is -2.21. The van der Waals surface area contributed by atoms with E-state index in [1.165, 1.54) is 10.9 Å². The number of likely N-dealkylation sites (N-methyl/N-ethyl adjacent to an activating group) is 1. The van der Waals surface area contributed by atoms with E-state index in [9.17, 15) is 0 Å². The van der Waals surface area contributed by atoms with Crippen molar-refractivity contribution in [3.05, 3.63) is 53.1 Å². The van der Waals surface area contributed by atoms with E-state index in [0.717, 1.165) is 40.6 Å². The van der Waals surface area contributed by atoms with Gasteiger partial charge in [0.05, 0.1) is 19.0 Å². The fraction of sp³-hybridized carbons (Fsp3) is 0.263. The van der Waals surface area contributed by atoms with Crippen LogP contribution in [0, 0.1) is 0 Å². The molecule has 24 heavy (non-hydrogen) atoms. The number of aromatic amines is 1. The van der Waals surface area contributed by atoms with Crippen LogP contribution < -0.4 is 10.1 Å². The van der Waals surface area contributed by atoms with Crippen molar-refractivity contribution in [3.8, 4) is 17.0 Å². The van der Waals surface area contributed by atoms with Gasteiger partial charge in [0.15, 0.2) is 0 Å². The lowest BCUT2D eigenvalue weighted by Crippen LogP contribution is -2.24. The second-order valence-corrected chi connectivity index (χ2v) is 6.61. The number of aromatic nitrogens is 1. The minimum absolute atomic E-state index is 0.175. The average molecular weight is 342 g/mol. The van der Waals surface area contributed by atoms with Crippen molar-refractivity contribution >= 4 is 22.5 Å². The van der Waals surface area contributed by atoms with E-state index in [1.54, 1.807) is 7.11 Å². The fourth-order valence-corrected chi connectivity index (χ4v) is 3.61. The van der Waals surface area contributed by atoms with Gasteiger partial charge in [-0.15, -0.1) is 0 Å². The van der Waals surface area contributed by atoms with Gasteiger partial charge in [0.2, 0.25) is 0 Å². The van der Waals surface area contributed by atoms with Crippen molar-refractivity contribution in [3.63, 3.8) is 0 Å². The van der Waals surface area contributed by atoms with Gasteiger partial charge in [-0.2, -0.15) is 0 Å². The summed E-state index contributed by atoms with van der Waals surface area (Å²) >= 11 is 6.26. The largest absolute Gasteiger partial charge is 0.497 e. The number of H-pyrrole nitrogens is 1. The van der Waals surface area contributed by atoms with Crippen LogP contribution in [0.4, 0.5) is 0 Å². The zero-order valence-electron chi connectivity index (χ0n) is 13.8. The lowest BCUT2D eigenvalue weighted by atomic mass is 10.0. The van der Waals surface area contributed by atoms with Crippen LogP contribution in [-0.4, -0.2) is 37.1 Å². The highest BCUT2D eigenvalue weighted by Gasteiger charge is 2.28. The van der Waals surface area contributed by atoms with Gasteiger partial charge in [-0.3, -0.25) is 10.2 Å². The number of halogens is 1. The third kappa shape index (κ3) is 2.57. The molecule has 1 atom stereocenters. The first-order valence-corrected chi connectivity index (χ1v) is 8.44. The maximum Gasteiger partial charge on any atom is 0.118 e. The standard InChI is InChI=1S/C19H20ClN3O/c1-23-10-9-21-19(23)17-15-11-13(20)5-8-16(15)22-18(17)12-3-6-14(24-2)7-4-12/h3-8,11,19,21-22H,9-10H2,1-2H3. The molecule has 1 aliphatic heterocycles. The highest BCUT2D eigenvalue weighted by molar-refractivity contribution is 6.31. The van der Waals surface area contributed by atoms with E-state index in [2.05, 4.69) is 34.4 Å². The van der Waals surface area contributed by atoms with Gasteiger partial charge in [0, 0.05) is 34.6 Å². The Morgan fingerprint density at radius 1 is 1.17 bits per heavy atom. The second-order valence-electron chi connectivity index (χ2n) is 6.17. The molecule has 0 bridgehead atoms. The molecular weight excluding hydrogens is 322 g/mol. The van der Waals surface area contributed by atoms with E-state index >= 15 is 0 Å². The fourth-order valence-electron chi connectivity index (χ4n) is 3.44. The molecule has 124 valence electrons. The van der Waals surface area contributed by atoms with E-state index < -0.39 is 0 Å². The summed E-state index contributed by atoms with van der Waals surface area (Å²) in [7, 11) is 3.83. The highest BCUT2D eigenvalue weighted by Crippen LogP contribution is 2.38. The van der Waals surface area contributed by atoms with Crippen molar-refractivity contribution in [2.24, 2.45) is 0 Å². The van der Waals surface area contributed by atoms with E-state index in [4.69, 9.17) is 16.3 Å². The Morgan fingerprint density at radius 2 is 1.96 bits per heavy atom. The topological polar surface area (TPSA) is 40.3 Å². The van der Waals surface area contributed by atoms with Crippen LogP contribution in [0.3, 0.4) is 0 Å². The predicted octanol–water partition coefficient (Wildman–Crippen LogP) is 4.03. The first-order chi connectivity index (χ1) is 11.7. The molecule has 0 radical (unpaired) electrons. The number of hydrogen-bond donors (Lipinski definition) is 2. The number of ether oxygens (including phenoxy) is 1. The SMILES string of the molecule is COc1ccc(-c2[nH]c3ccc(Cl)cc3c2C2NCCN2C)cc1. The second kappa shape index (κ2) is 6.13. The Kier molecular flexibility index (Phi) is 3.96. The first kappa shape index (κ1) is 15.5. The molecule has 2 N–H and O–H groups in total. The van der Waals surface area contributed by atoms with Gasteiger partial charge in [0.1, 0.15) is 5.75 Å². The third-order valence-electron chi connectivity index (χ3n) is 4.70. The van der Waals surface area contributed by atoms with Gasteiger partial charge >= 0.3 is 0 Å². The molecule has 4 nitrogen and oxygen atoms in total. The quantitative estimate of drug-likeness (QED) is 0.755. The predicted molar refractivity (Wildman–Crippen MR) is 98.7 cm³/mol. The van der Waals surface area contributed by atoms with Crippen molar-refractivity contribution in [2.45, 2.75) is 6.17 Å². The number of fused-ring (bicyclic) bond motifs is 1. The van der Waals surface area contributed by atoms with Gasteiger partial charge < -0.3 is 9.72 Å². The zero-order valence-corrected chi connectivity index (χ0v) is 14.5. The molecule has 3 aromatic rings. The van der Waals surface area contributed by atoms with E-state index in [-0.39, 0.29) is 6.17 Å². The molecule has 1 saturated heterocycles. The Balaban J connectivity index is 1.93. The summed E-state index contributed by atoms with van der Waals surface area (Å²) in [6, 6.07) is 14.2. The number of nitrogens with zero attached hydrogens (tertiary/aromatic N) is 1. The number of hydrogen-bond acceptors (Lipinski definition) is 3. The van der Waals surface area contributed by atoms with Crippen LogP contribution in [-0.2, 0) is 0 Å². The van der Waals surface area contributed by atoms with Crippen molar-refractivity contribution < 1.29 is 4.74 Å². The number of benzene rings is 2. The summed E-state index contributed by atoms with van der Waals surface area (Å²) in [4.78, 5) is 5.91. The molecule has 1 aromatic heterocycles. The minimum Gasteiger partial charge on any atom is -0.497 e. The summed E-state index contributed by atoms with van der Waals surface area (Å²) in [5, 5.41) is 5.51. The highest BCUT2D eigenvalue weighted by atomic mass is 35.5. The maximum atomic E-state index is 6.26. The molecular formula is C19H20ClN3O. The van der Waals surface area contributed by atoms with Gasteiger partial charge in [-0.25, -0.2) is 0 Å². The lowest BCUT2D eigenvalue weighted by molar-refractivity contribution is 0.303. The molecule has 0 spiro atoms.